The van der Waals surface area contributed by atoms with Crippen molar-refractivity contribution >= 4 is 32.4 Å². The van der Waals surface area contributed by atoms with E-state index in [0.29, 0.717) is 49.6 Å². The molecule has 2 fully saturated rings. The molecule has 0 N–H and O–H groups in total. The molecule has 134 valence electrons. The zero-order valence-electron chi connectivity index (χ0n) is 13.8. The van der Waals surface area contributed by atoms with Gasteiger partial charge in [0, 0.05) is 36.3 Å². The minimum absolute atomic E-state index is 0.261. The first kappa shape index (κ1) is 17.2. The average Bonchev–Trinajstić information content (AvgIpc) is 2.63. The molecule has 0 radical (unpaired) electrons. The van der Waals surface area contributed by atoms with Crippen molar-refractivity contribution in [1.29, 1.82) is 0 Å². The summed E-state index contributed by atoms with van der Waals surface area (Å²) in [7, 11) is -3.63. The van der Waals surface area contributed by atoms with Gasteiger partial charge in [-0.2, -0.15) is 4.31 Å². The lowest BCUT2D eigenvalue weighted by atomic mass is 10.0. The molecule has 5 nitrogen and oxygen atoms in total. The summed E-state index contributed by atoms with van der Waals surface area (Å²) in [5.74, 6) is -0.610. The van der Waals surface area contributed by atoms with Crippen LogP contribution in [0.3, 0.4) is 0 Å². The number of sulfonamides is 1. The molecule has 1 spiro atoms. The van der Waals surface area contributed by atoms with Crippen molar-refractivity contribution < 1.29 is 17.9 Å². The van der Waals surface area contributed by atoms with E-state index in [1.165, 1.54) is 4.31 Å². The van der Waals surface area contributed by atoms with Gasteiger partial charge in [-0.15, -0.1) is 0 Å². The monoisotopic (exact) mass is 381 g/mol. The van der Waals surface area contributed by atoms with E-state index in [2.05, 4.69) is 0 Å². The highest BCUT2D eigenvalue weighted by molar-refractivity contribution is 7.89. The fourth-order valence-corrected chi connectivity index (χ4v) is 5.61. The van der Waals surface area contributed by atoms with E-state index in [4.69, 9.17) is 21.1 Å². The van der Waals surface area contributed by atoms with Gasteiger partial charge in [-0.3, -0.25) is 0 Å². The van der Waals surface area contributed by atoms with E-state index in [0.717, 1.165) is 11.8 Å². The molecular weight excluding hydrogens is 362 g/mol. The van der Waals surface area contributed by atoms with Crippen LogP contribution in [0, 0.1) is 0 Å². The van der Waals surface area contributed by atoms with Crippen molar-refractivity contribution in [2.45, 2.75) is 29.9 Å². The molecule has 0 unspecified atom stereocenters. The van der Waals surface area contributed by atoms with Gasteiger partial charge in [0.25, 0.3) is 0 Å². The summed E-state index contributed by atoms with van der Waals surface area (Å²) in [5, 5.41) is 1.85. The zero-order valence-corrected chi connectivity index (χ0v) is 15.4. The second-order valence-corrected chi connectivity index (χ2v) is 8.77. The van der Waals surface area contributed by atoms with E-state index >= 15 is 0 Å². The summed E-state index contributed by atoms with van der Waals surface area (Å²) >= 11 is 6.30. The van der Waals surface area contributed by atoms with Crippen LogP contribution in [0.15, 0.2) is 41.3 Å². The fraction of sp³-hybridized carbons (Fsp3) is 0.444. The van der Waals surface area contributed by atoms with Crippen LogP contribution in [0.2, 0.25) is 5.02 Å². The van der Waals surface area contributed by atoms with Crippen LogP contribution in [0.1, 0.15) is 19.3 Å². The largest absolute Gasteiger partial charge is 0.350 e. The third kappa shape index (κ3) is 3.06. The molecule has 0 saturated carbocycles. The fourth-order valence-electron chi connectivity index (χ4n) is 3.59. The summed E-state index contributed by atoms with van der Waals surface area (Å²) in [6.07, 6.45) is 1.98. The molecule has 2 aliphatic rings. The minimum atomic E-state index is -3.63. The molecule has 0 atom stereocenters. The number of ether oxygens (including phenoxy) is 2. The number of piperidine rings is 1. The molecular formula is C18H20ClNO4S. The summed E-state index contributed by atoms with van der Waals surface area (Å²) in [6, 6.07) is 10.7. The molecule has 4 rings (SSSR count). The Bertz CT molecular complexity index is 878. The second-order valence-electron chi connectivity index (χ2n) is 6.46. The molecule has 0 aliphatic carbocycles. The number of nitrogens with zero attached hydrogens (tertiary/aromatic N) is 1. The van der Waals surface area contributed by atoms with E-state index in [-0.39, 0.29) is 4.90 Å². The van der Waals surface area contributed by atoms with Gasteiger partial charge >= 0.3 is 0 Å². The Labute approximate surface area is 152 Å². The lowest BCUT2D eigenvalue weighted by Gasteiger charge is -2.42. The maximum Gasteiger partial charge on any atom is 0.243 e. The van der Waals surface area contributed by atoms with Gasteiger partial charge in [-0.25, -0.2) is 8.42 Å². The lowest BCUT2D eigenvalue weighted by molar-refractivity contribution is -0.280. The highest BCUT2D eigenvalue weighted by atomic mass is 35.5. The smallest absolute Gasteiger partial charge is 0.243 e. The molecule has 0 bridgehead atoms. The van der Waals surface area contributed by atoms with E-state index < -0.39 is 15.8 Å². The molecule has 0 amide bonds. The Balaban J connectivity index is 1.65. The molecule has 0 aromatic heterocycles. The average molecular weight is 382 g/mol. The first-order chi connectivity index (χ1) is 12.0. The van der Waals surface area contributed by atoms with E-state index in [1.807, 2.05) is 18.2 Å². The van der Waals surface area contributed by atoms with Crippen LogP contribution in [0.5, 0.6) is 0 Å². The highest BCUT2D eigenvalue weighted by Gasteiger charge is 2.41. The normalized spacial score (nSPS) is 21.6. The van der Waals surface area contributed by atoms with Crippen LogP contribution >= 0.6 is 11.6 Å². The van der Waals surface area contributed by atoms with Gasteiger partial charge in [0.2, 0.25) is 10.0 Å². The standard InChI is InChI=1S/C18H20ClNO4S/c19-15-6-1-4-14-5-2-7-16(17(14)15)25(21,22)20-10-8-18(9-11-20)23-12-3-13-24-18/h1-2,4-7H,3,8-13H2. The Kier molecular flexibility index (Phi) is 4.50. The Morgan fingerprint density at radius 3 is 2.32 bits per heavy atom. The summed E-state index contributed by atoms with van der Waals surface area (Å²) in [4.78, 5) is 0.261. The molecule has 2 heterocycles. The number of benzene rings is 2. The predicted molar refractivity (Wildman–Crippen MR) is 96.2 cm³/mol. The molecule has 2 aliphatic heterocycles. The Hall–Kier alpha value is -1.18. The van der Waals surface area contributed by atoms with Crippen LogP contribution in [-0.4, -0.2) is 44.8 Å². The van der Waals surface area contributed by atoms with Crippen LogP contribution in [-0.2, 0) is 19.5 Å². The van der Waals surface area contributed by atoms with Gasteiger partial charge in [0.05, 0.1) is 18.1 Å². The van der Waals surface area contributed by atoms with Crippen molar-refractivity contribution in [3.05, 3.63) is 41.4 Å². The summed E-state index contributed by atoms with van der Waals surface area (Å²) in [6.45, 7) is 2.10. The zero-order chi connectivity index (χ0) is 17.5. The maximum absolute atomic E-state index is 13.2. The number of hydrogen-bond donors (Lipinski definition) is 0. The van der Waals surface area contributed by atoms with Gasteiger partial charge in [0.1, 0.15) is 0 Å². The van der Waals surface area contributed by atoms with Crippen molar-refractivity contribution in [1.82, 2.24) is 4.31 Å². The SMILES string of the molecule is O=S(=O)(c1cccc2cccc(Cl)c12)N1CCC2(CC1)OCCCO2. The number of hydrogen-bond acceptors (Lipinski definition) is 4. The molecule has 25 heavy (non-hydrogen) atoms. The van der Waals surface area contributed by atoms with Crippen molar-refractivity contribution in [2.24, 2.45) is 0 Å². The molecule has 2 saturated heterocycles. The van der Waals surface area contributed by atoms with Crippen molar-refractivity contribution in [3.8, 4) is 0 Å². The third-order valence-corrected chi connectivity index (χ3v) is 7.19. The lowest BCUT2D eigenvalue weighted by Crippen LogP contribution is -2.51. The minimum Gasteiger partial charge on any atom is -0.350 e. The van der Waals surface area contributed by atoms with Gasteiger partial charge in [0.15, 0.2) is 5.79 Å². The molecule has 2 aromatic rings. The van der Waals surface area contributed by atoms with Crippen LogP contribution < -0.4 is 0 Å². The number of rotatable bonds is 2. The topological polar surface area (TPSA) is 55.8 Å². The van der Waals surface area contributed by atoms with E-state index in [1.54, 1.807) is 18.2 Å². The predicted octanol–water partition coefficient (Wildman–Crippen LogP) is 3.41. The van der Waals surface area contributed by atoms with Crippen LogP contribution in [0.25, 0.3) is 10.8 Å². The maximum atomic E-state index is 13.2. The van der Waals surface area contributed by atoms with E-state index in [9.17, 15) is 8.42 Å². The molecule has 2 aromatic carbocycles. The third-order valence-electron chi connectivity index (χ3n) is 4.94. The van der Waals surface area contributed by atoms with Crippen LogP contribution in [0.4, 0.5) is 0 Å². The Morgan fingerprint density at radius 2 is 1.64 bits per heavy atom. The first-order valence-corrected chi connectivity index (χ1v) is 10.3. The summed E-state index contributed by atoms with van der Waals surface area (Å²) in [5.41, 5.74) is 0. The van der Waals surface area contributed by atoms with Crippen molar-refractivity contribution in [3.63, 3.8) is 0 Å². The first-order valence-electron chi connectivity index (χ1n) is 8.47. The number of halogens is 1. The number of fused-ring (bicyclic) bond motifs is 1. The highest BCUT2D eigenvalue weighted by Crippen LogP contribution is 2.36. The van der Waals surface area contributed by atoms with Gasteiger partial charge in [-0.1, -0.05) is 35.9 Å². The quantitative estimate of drug-likeness (QED) is 0.799. The second kappa shape index (κ2) is 6.52. The van der Waals surface area contributed by atoms with Gasteiger partial charge in [-0.05, 0) is 23.9 Å². The molecule has 7 heteroatoms. The van der Waals surface area contributed by atoms with Gasteiger partial charge < -0.3 is 9.47 Å². The Morgan fingerprint density at radius 1 is 1.00 bits per heavy atom. The van der Waals surface area contributed by atoms with Crippen molar-refractivity contribution in [2.75, 3.05) is 26.3 Å². The summed E-state index contributed by atoms with van der Waals surface area (Å²) < 4.78 is 39.5.